The third-order valence-electron chi connectivity index (χ3n) is 6.31. The van der Waals surface area contributed by atoms with Crippen molar-refractivity contribution in [3.8, 4) is 5.75 Å². The normalized spacial score (nSPS) is 17.6. The fourth-order valence-corrected chi connectivity index (χ4v) is 6.25. The van der Waals surface area contributed by atoms with Gasteiger partial charge in [0.05, 0.1) is 13.0 Å². The summed E-state index contributed by atoms with van der Waals surface area (Å²) in [5.41, 5.74) is 1.93. The van der Waals surface area contributed by atoms with Gasteiger partial charge in [-0.25, -0.2) is 0 Å². The Morgan fingerprint density at radius 2 is 1.77 bits per heavy atom. The number of fused-ring (bicyclic) bond motifs is 2. The molecule has 0 radical (unpaired) electrons. The molecule has 176 valence electrons. The zero-order chi connectivity index (χ0) is 24.6. The molecule has 2 atom stereocenters. The van der Waals surface area contributed by atoms with Crippen molar-refractivity contribution in [1.82, 2.24) is 0 Å². The number of halogens is 1. The minimum atomic E-state index is -1.31. The molecule has 0 spiro atoms. The number of methoxy groups -OCH3 is 1. The lowest BCUT2D eigenvalue weighted by Gasteiger charge is -2.34. The minimum absolute atomic E-state index is 0.305. The third kappa shape index (κ3) is 4.22. The molecule has 8 heteroatoms. The van der Waals surface area contributed by atoms with E-state index in [-0.39, 0.29) is 10.8 Å². The summed E-state index contributed by atoms with van der Waals surface area (Å²) < 4.78 is 4.15. The van der Waals surface area contributed by atoms with Crippen LogP contribution in [-0.4, -0.2) is 24.5 Å². The number of anilines is 1. The van der Waals surface area contributed by atoms with Gasteiger partial charge in [0.1, 0.15) is 10.5 Å². The highest BCUT2D eigenvalue weighted by molar-refractivity contribution is 8.01. The van der Waals surface area contributed by atoms with Gasteiger partial charge in [0.2, 0.25) is 12.5 Å². The van der Waals surface area contributed by atoms with Crippen LogP contribution in [0.4, 0.5) is 5.69 Å². The van der Waals surface area contributed by atoms with E-state index in [1.54, 1.807) is 49.6 Å². The molecular weight excluding hydrogens is 484 g/mol. The average molecular weight is 505 g/mol. The van der Waals surface area contributed by atoms with Crippen molar-refractivity contribution in [3.05, 3.63) is 111 Å². The van der Waals surface area contributed by atoms with Gasteiger partial charge >= 0.3 is 0 Å². The van der Waals surface area contributed by atoms with Crippen molar-refractivity contribution in [1.29, 1.82) is 0 Å². The van der Waals surface area contributed by atoms with Crippen molar-refractivity contribution in [2.24, 2.45) is 0 Å². The molecule has 0 saturated carbocycles. The first-order valence-corrected chi connectivity index (χ1v) is 12.1. The van der Waals surface area contributed by atoms with Crippen LogP contribution in [0.1, 0.15) is 17.0 Å². The first-order chi connectivity index (χ1) is 16.9. The number of nitrogens with one attached hydrogen (secondary N) is 1. The van der Waals surface area contributed by atoms with Crippen molar-refractivity contribution < 1.29 is 14.5 Å². The number of nitrogens with zero attached hydrogens (tertiary/aromatic N) is 1. The predicted molar refractivity (Wildman–Crippen MR) is 139 cm³/mol. The second-order valence-electron chi connectivity index (χ2n) is 8.33. The Morgan fingerprint density at radius 1 is 1.03 bits per heavy atom. The fraction of sp³-hybridized carbons (Fsp3) is 0.148. The molecule has 1 aliphatic heterocycles. The molecule has 6 nitrogen and oxygen atoms in total. The fourth-order valence-electron chi connectivity index (χ4n) is 4.65. The Morgan fingerprint density at radius 3 is 2.49 bits per heavy atom. The van der Waals surface area contributed by atoms with Crippen LogP contribution in [0.2, 0.25) is 5.02 Å². The van der Waals surface area contributed by atoms with Crippen LogP contribution in [0, 0.1) is 10.1 Å². The van der Waals surface area contributed by atoms with Crippen molar-refractivity contribution in [3.63, 3.8) is 0 Å². The van der Waals surface area contributed by atoms with Crippen molar-refractivity contribution in [2.75, 3.05) is 19.0 Å². The molecule has 0 saturated heterocycles. The van der Waals surface area contributed by atoms with Gasteiger partial charge in [-0.1, -0.05) is 54.1 Å². The highest BCUT2D eigenvalue weighted by Crippen LogP contribution is 2.57. The molecular formula is C27H21ClN2O4S. The van der Waals surface area contributed by atoms with Crippen LogP contribution in [-0.2, 0) is 9.54 Å². The minimum Gasteiger partial charge on any atom is -0.497 e. The van der Waals surface area contributed by atoms with E-state index in [2.05, 4.69) is 5.32 Å². The van der Waals surface area contributed by atoms with Crippen LogP contribution < -0.4 is 10.1 Å². The third-order valence-corrected chi connectivity index (χ3v) is 8.06. The zero-order valence-corrected chi connectivity index (χ0v) is 20.3. The quantitative estimate of drug-likeness (QED) is 0.229. The Bertz CT molecular complexity index is 1440. The number of benzene rings is 4. The zero-order valence-electron chi connectivity index (χ0n) is 18.7. The molecule has 0 aromatic heterocycles. The number of rotatable bonds is 7. The maximum absolute atomic E-state index is 13.9. The number of hydrogen-bond acceptors (Lipinski definition) is 5. The van der Waals surface area contributed by atoms with Gasteiger partial charge in [-0.05, 0) is 58.8 Å². The second kappa shape index (κ2) is 9.24. The highest BCUT2D eigenvalue weighted by atomic mass is 35.5. The summed E-state index contributed by atoms with van der Waals surface area (Å²) in [6, 6.07) is 26.1. The van der Waals surface area contributed by atoms with Gasteiger partial charge in [-0.15, -0.1) is 11.8 Å². The Kier molecular flexibility index (Phi) is 6.13. The average Bonchev–Trinajstić information content (AvgIpc) is 3.13. The summed E-state index contributed by atoms with van der Waals surface area (Å²) in [5, 5.41) is 17.5. The first kappa shape index (κ1) is 23.2. The van der Waals surface area contributed by atoms with Gasteiger partial charge < -0.3 is 10.1 Å². The second-order valence-corrected chi connectivity index (χ2v) is 10.1. The molecule has 1 heterocycles. The Labute approximate surface area is 211 Å². The number of carbonyl (C=O) groups excluding carboxylic acids is 1. The van der Waals surface area contributed by atoms with Crippen LogP contribution in [0.15, 0.2) is 89.8 Å². The van der Waals surface area contributed by atoms with E-state index in [9.17, 15) is 14.9 Å². The lowest BCUT2D eigenvalue weighted by molar-refractivity contribution is -0.484. The maximum Gasteiger partial charge on any atom is 0.246 e. The number of carbonyl (C=O) groups is 1. The number of thioether (sulfide) groups is 1. The van der Waals surface area contributed by atoms with E-state index in [4.69, 9.17) is 16.3 Å². The SMILES string of the molecule is COc1ccc2c(c1)[C@](Sc1ccc3ccccc3c1)([C@H](C[N+](=O)[O-])c1ccc(Cl)cc1)C(=O)N2. The van der Waals surface area contributed by atoms with Crippen molar-refractivity contribution in [2.45, 2.75) is 15.6 Å². The van der Waals surface area contributed by atoms with E-state index in [1.165, 1.54) is 11.8 Å². The summed E-state index contributed by atoms with van der Waals surface area (Å²) in [6.07, 6.45) is 0. The molecule has 0 unspecified atom stereocenters. The molecule has 1 aliphatic rings. The topological polar surface area (TPSA) is 81.5 Å². The van der Waals surface area contributed by atoms with E-state index in [1.807, 2.05) is 42.5 Å². The molecule has 4 aromatic rings. The standard InChI is InChI=1S/C27H21ClN2O4S/c1-34-21-11-13-25-23(15-21)27(26(31)29-25,24(16-30(32)33)18-6-9-20(28)10-7-18)35-22-12-8-17-4-2-3-5-19(17)14-22/h2-15,24H,16H2,1H3,(H,29,31)/t24-,27+/m1/s1. The van der Waals surface area contributed by atoms with E-state index in [0.717, 1.165) is 15.7 Å². The summed E-state index contributed by atoms with van der Waals surface area (Å²) in [4.78, 5) is 26.3. The van der Waals surface area contributed by atoms with Crippen LogP contribution in [0.5, 0.6) is 5.75 Å². The van der Waals surface area contributed by atoms with E-state index >= 15 is 0 Å². The lowest BCUT2D eigenvalue weighted by atomic mass is 9.81. The summed E-state index contributed by atoms with van der Waals surface area (Å²) >= 11 is 7.44. The molecule has 4 aromatic carbocycles. The molecule has 1 amide bonds. The van der Waals surface area contributed by atoms with Gasteiger partial charge in [0, 0.05) is 26.1 Å². The maximum atomic E-state index is 13.9. The van der Waals surface area contributed by atoms with Gasteiger partial charge in [0.15, 0.2) is 0 Å². The smallest absolute Gasteiger partial charge is 0.246 e. The summed E-state index contributed by atoms with van der Waals surface area (Å²) in [5.74, 6) is -0.514. The largest absolute Gasteiger partial charge is 0.497 e. The molecule has 0 aliphatic carbocycles. The Hall–Kier alpha value is -3.55. The van der Waals surface area contributed by atoms with Crippen LogP contribution in [0.3, 0.4) is 0 Å². The van der Waals surface area contributed by atoms with Gasteiger partial charge in [0.25, 0.3) is 0 Å². The van der Waals surface area contributed by atoms with Crippen LogP contribution >= 0.6 is 23.4 Å². The number of amides is 1. The van der Waals surface area contributed by atoms with Crippen molar-refractivity contribution >= 4 is 45.7 Å². The summed E-state index contributed by atoms with van der Waals surface area (Å²) in [6.45, 7) is -0.438. The van der Waals surface area contributed by atoms with Gasteiger partial charge in [-0.3, -0.25) is 14.9 Å². The predicted octanol–water partition coefficient (Wildman–Crippen LogP) is 6.50. The lowest BCUT2D eigenvalue weighted by Crippen LogP contribution is -2.40. The number of ether oxygens (including phenoxy) is 1. The molecule has 35 heavy (non-hydrogen) atoms. The highest BCUT2D eigenvalue weighted by Gasteiger charge is 2.56. The molecule has 0 bridgehead atoms. The number of nitro groups is 1. The summed E-state index contributed by atoms with van der Waals surface area (Å²) in [7, 11) is 1.55. The monoisotopic (exact) mass is 504 g/mol. The Balaban J connectivity index is 1.74. The molecule has 5 rings (SSSR count). The van der Waals surface area contributed by atoms with Crippen LogP contribution in [0.25, 0.3) is 10.8 Å². The molecule has 0 fully saturated rings. The molecule has 1 N–H and O–H groups in total. The van der Waals surface area contributed by atoms with E-state index in [0.29, 0.717) is 27.6 Å². The first-order valence-electron chi connectivity index (χ1n) is 11.0. The number of hydrogen-bond donors (Lipinski definition) is 1. The van der Waals surface area contributed by atoms with E-state index < -0.39 is 17.2 Å². The van der Waals surface area contributed by atoms with Gasteiger partial charge in [-0.2, -0.15) is 0 Å².